The first-order chi connectivity index (χ1) is 37.6. The Morgan fingerprint density at radius 3 is 1.96 bits per heavy atom. The van der Waals surface area contributed by atoms with Gasteiger partial charge >= 0.3 is 19.2 Å². The fourth-order valence-corrected chi connectivity index (χ4v) is 13.1. The number of fused-ring (bicyclic) bond motifs is 5. The first-order valence-corrected chi connectivity index (χ1v) is 28.0. The number of phosphoric acid groups is 1. The zero-order valence-electron chi connectivity index (χ0n) is 44.6. The number of phosphoric ester groups is 1. The van der Waals surface area contributed by atoms with Crippen molar-refractivity contribution >= 4 is 16.3 Å². The third-order valence-electron chi connectivity index (χ3n) is 13.6. The van der Waals surface area contributed by atoms with Crippen LogP contribution in [0.4, 0.5) is 0 Å². The summed E-state index contributed by atoms with van der Waals surface area (Å²) < 4.78 is 96.1. The van der Waals surface area contributed by atoms with Crippen molar-refractivity contribution in [1.82, 2.24) is 23.8 Å². The number of nitriles is 1. The summed E-state index contributed by atoms with van der Waals surface area (Å²) in [6.07, 6.45) is -7.03. The maximum atomic E-state index is 15.7. The van der Waals surface area contributed by atoms with Crippen LogP contribution in [-0.2, 0) is 62.9 Å². The van der Waals surface area contributed by atoms with E-state index in [0.717, 1.165) is 10.6 Å². The normalized spacial score (nSPS) is 25.1. The molecule has 5 heterocycles. The predicted octanol–water partition coefficient (Wildman–Crippen LogP) is 6.07. The number of nitrogens with one attached hydrogen (secondary N) is 2. The van der Waals surface area contributed by atoms with E-state index in [9.17, 15) is 24.4 Å². The van der Waals surface area contributed by atoms with E-state index in [1.807, 2.05) is 111 Å². The summed E-state index contributed by atoms with van der Waals surface area (Å²) in [5.41, 5.74) is -2.06. The second kappa shape index (κ2) is 26.1. The average molecular weight is 1120 g/mol. The maximum absolute atomic E-state index is 15.7. The lowest BCUT2D eigenvalue weighted by Gasteiger charge is -2.38. The van der Waals surface area contributed by atoms with Crippen LogP contribution in [0.2, 0.25) is 0 Å². The highest BCUT2D eigenvalue weighted by Crippen LogP contribution is 2.56. The number of ether oxygens (including phenoxy) is 7. The van der Waals surface area contributed by atoms with Gasteiger partial charge in [-0.15, -0.1) is 0 Å². The fourth-order valence-electron chi connectivity index (χ4n) is 9.94. The van der Waals surface area contributed by atoms with Crippen molar-refractivity contribution in [2.45, 2.75) is 114 Å². The van der Waals surface area contributed by atoms with Crippen LogP contribution in [0.3, 0.4) is 0 Å². The Balaban J connectivity index is 1.21. The minimum Gasteiger partial charge on any atom is -0.497 e. The second-order valence-corrected chi connectivity index (χ2v) is 22.1. The van der Waals surface area contributed by atoms with Crippen molar-refractivity contribution in [3.63, 3.8) is 0 Å². The number of hydrogen-bond acceptors (Lipinski definition) is 19. The monoisotopic (exact) mass is 1120 g/mol. The number of rotatable bonds is 21. The topological polar surface area (TPSA) is 265 Å². The largest absolute Gasteiger partial charge is 0.497 e. The van der Waals surface area contributed by atoms with Gasteiger partial charge in [-0.3, -0.25) is 42.3 Å². The molecule has 10 atom stereocenters. The van der Waals surface area contributed by atoms with E-state index >= 15 is 4.57 Å². The summed E-state index contributed by atoms with van der Waals surface area (Å²) in [7, 11) is -0.977. The van der Waals surface area contributed by atoms with Crippen LogP contribution in [0, 0.1) is 11.3 Å². The molecule has 5 aromatic rings. The van der Waals surface area contributed by atoms with Gasteiger partial charge in [0.1, 0.15) is 53.7 Å². The van der Waals surface area contributed by atoms with Crippen LogP contribution >= 0.6 is 16.3 Å². The molecule has 78 heavy (non-hydrogen) atoms. The number of aromatic nitrogens is 4. The van der Waals surface area contributed by atoms with Gasteiger partial charge in [-0.1, -0.05) is 54.6 Å². The Bertz CT molecular complexity index is 3060. The van der Waals surface area contributed by atoms with E-state index in [4.69, 9.17) is 55.8 Å². The lowest BCUT2D eigenvalue weighted by Crippen LogP contribution is -2.43. The number of methoxy groups -OCH3 is 4. The molecule has 1 unspecified atom stereocenters. The number of nitrogens with zero attached hydrogens (tertiary/aromatic N) is 4. The molecule has 2 N–H and O–H groups in total. The van der Waals surface area contributed by atoms with Gasteiger partial charge in [0.25, 0.3) is 19.6 Å². The molecule has 0 saturated carbocycles. The van der Waals surface area contributed by atoms with Gasteiger partial charge in [0.15, 0.2) is 12.5 Å². The Kier molecular flexibility index (Phi) is 19.5. The summed E-state index contributed by atoms with van der Waals surface area (Å²) >= 11 is 0. The summed E-state index contributed by atoms with van der Waals surface area (Å²) in [4.78, 5) is 57.5. The van der Waals surface area contributed by atoms with Crippen LogP contribution in [-0.4, -0.2) is 127 Å². The van der Waals surface area contributed by atoms with Crippen molar-refractivity contribution in [2.24, 2.45) is 0 Å². The smallest absolute Gasteiger partial charge is 0.475 e. The molecule has 3 aromatic carbocycles. The minimum absolute atomic E-state index is 0.0292. The molecule has 3 aliphatic rings. The Hall–Kier alpha value is -5.67. The minimum atomic E-state index is -4.90. The molecule has 4 bridgehead atoms. The zero-order chi connectivity index (χ0) is 55.7. The molecule has 420 valence electrons. The molecule has 2 fully saturated rings. The van der Waals surface area contributed by atoms with Crippen molar-refractivity contribution in [1.29, 1.82) is 5.26 Å². The Morgan fingerprint density at radius 1 is 0.769 bits per heavy atom. The zero-order valence-corrected chi connectivity index (χ0v) is 46.4. The molecule has 2 saturated heterocycles. The maximum Gasteiger partial charge on any atom is 0.475 e. The number of benzene rings is 3. The van der Waals surface area contributed by atoms with Crippen molar-refractivity contribution in [3.05, 3.63) is 161 Å². The molecule has 23 nitrogen and oxygen atoms in total. The number of aryl methyl sites for hydroxylation is 1. The summed E-state index contributed by atoms with van der Waals surface area (Å²) in [6.45, 7) is 6.71. The molecular formula is C53H66N6O17P2. The molecule has 0 radical (unpaired) electrons. The third kappa shape index (κ3) is 12.7. The van der Waals surface area contributed by atoms with Gasteiger partial charge in [0.05, 0.1) is 53.1 Å². The second-order valence-electron chi connectivity index (χ2n) is 19.1. The van der Waals surface area contributed by atoms with Gasteiger partial charge in [-0.25, -0.2) is 18.8 Å². The van der Waals surface area contributed by atoms with Gasteiger partial charge < -0.3 is 42.2 Å². The summed E-state index contributed by atoms with van der Waals surface area (Å²) in [6, 6.07) is 27.2. The predicted molar refractivity (Wildman–Crippen MR) is 283 cm³/mol. The first-order valence-electron chi connectivity index (χ1n) is 25.4. The number of H-pyrrole nitrogens is 2. The molecule has 0 amide bonds. The molecular weight excluding hydrogens is 1050 g/mol. The standard InChI is InChI=1S/C53H66N6O17P2/c1-33(2)59(34(3)4)77(70-28-13-26-54)75-44-42-32-72-78(64,71-29-12-14-35-30-58(52(63)56-48(35)61)50(74-42)46(44)67-7)76-45-41(73-49(47(45)68-8)57-27-25-43(60)55-51(57)62)31-69-53(36-15-10-9-11-16-36,37-17-21-39(65-5)22-18-37)38-19-23-40(66-6)24-20-38/h9-11,15-25,27,30,33-34,41-42,44-47,49-50H,12-14,28-29,31-32H2,1-8H3,(H,55,60,62)(H,56,61,63)/t41-,42-,44-,45-,46-,47-,49-,50-,77?,78-/m1/s1. The van der Waals surface area contributed by atoms with Crippen LogP contribution in [0.25, 0.3) is 0 Å². The van der Waals surface area contributed by atoms with E-state index in [-0.39, 0.29) is 56.7 Å². The van der Waals surface area contributed by atoms with E-state index in [1.165, 1.54) is 31.2 Å². The van der Waals surface area contributed by atoms with Crippen molar-refractivity contribution < 1.29 is 60.3 Å². The quantitative estimate of drug-likeness (QED) is 0.0479. The number of aromatic amines is 2. The van der Waals surface area contributed by atoms with Crippen molar-refractivity contribution in [2.75, 3.05) is 54.9 Å². The average Bonchev–Trinajstić information content (AvgIpc) is 3.97. The lowest BCUT2D eigenvalue weighted by molar-refractivity contribution is -0.0976. The Morgan fingerprint density at radius 2 is 1.37 bits per heavy atom. The molecule has 3 aliphatic heterocycles. The van der Waals surface area contributed by atoms with E-state index < -0.39 is 100 Å². The summed E-state index contributed by atoms with van der Waals surface area (Å²) in [5.74, 6) is 1.19. The van der Waals surface area contributed by atoms with Crippen LogP contribution in [0.15, 0.2) is 117 Å². The fraction of sp³-hybridized carbons (Fsp3) is 0.491. The molecule has 0 aliphatic carbocycles. The Labute approximate surface area is 451 Å². The van der Waals surface area contributed by atoms with Gasteiger partial charge in [-0.2, -0.15) is 5.26 Å². The highest BCUT2D eigenvalue weighted by atomic mass is 31.2. The molecule has 0 spiro atoms. The lowest BCUT2D eigenvalue weighted by atomic mass is 9.80. The van der Waals surface area contributed by atoms with Gasteiger partial charge in [0.2, 0.25) is 0 Å². The highest BCUT2D eigenvalue weighted by molar-refractivity contribution is 7.48. The first kappa shape index (κ1) is 58.5. The van der Waals surface area contributed by atoms with E-state index in [1.54, 1.807) is 14.2 Å². The van der Waals surface area contributed by atoms with Crippen LogP contribution in [0.5, 0.6) is 11.5 Å². The highest BCUT2D eigenvalue weighted by Gasteiger charge is 2.54. The van der Waals surface area contributed by atoms with E-state index in [2.05, 4.69) is 16.0 Å². The van der Waals surface area contributed by atoms with Crippen LogP contribution < -0.4 is 32.0 Å². The number of hydrogen-bond donors (Lipinski definition) is 2. The molecule has 2 aromatic heterocycles. The SMILES string of the molecule is COc1ccc(C(OC[C@H]2O[C@@H](n3ccc(=O)[nH]c3=O)[C@H](OC)[C@@H]2O[P@]2(=O)OCCCc3cn(c(=O)[nH]c3=O)[C@@H]3O[C@H](CO2)[C@@H](OP(OCCC#N)N(C(C)C)C(C)C)[C@H]3OC)(c2ccccc2)c2ccc(OC)cc2)cc1. The van der Waals surface area contributed by atoms with Gasteiger partial charge in [-0.05, 0) is 81.5 Å². The molecule has 8 rings (SSSR count). The summed E-state index contributed by atoms with van der Waals surface area (Å²) in [5, 5.41) is 9.45. The third-order valence-corrected chi connectivity index (χ3v) is 17.1. The van der Waals surface area contributed by atoms with Crippen molar-refractivity contribution in [3.8, 4) is 17.6 Å². The van der Waals surface area contributed by atoms with Gasteiger partial charge in [0, 0.05) is 50.3 Å². The van der Waals surface area contributed by atoms with Crippen LogP contribution in [0.1, 0.15) is 75.2 Å². The molecule has 25 heteroatoms. The van der Waals surface area contributed by atoms with E-state index in [0.29, 0.717) is 28.2 Å².